The van der Waals surface area contributed by atoms with Gasteiger partial charge in [-0.1, -0.05) is 576 Å². The van der Waals surface area contributed by atoms with Crippen LogP contribution in [0.1, 0.15) is 324 Å². The Kier molecular flexibility index (Phi) is 61.4. The highest BCUT2D eigenvalue weighted by atomic mass is 14.2. The zero-order valence-electron chi connectivity index (χ0n) is 96.3. The molecule has 0 aliphatic heterocycles. The molecular weight excluding hydrogens is 1750 g/mol. The van der Waals surface area contributed by atoms with Crippen molar-refractivity contribution >= 4 is 43.1 Å². The van der Waals surface area contributed by atoms with Crippen molar-refractivity contribution in [3.05, 3.63) is 510 Å². The van der Waals surface area contributed by atoms with Crippen LogP contribution >= 0.6 is 0 Å². The van der Waals surface area contributed by atoms with E-state index in [2.05, 4.69) is 564 Å². The number of benzene rings is 17. The van der Waals surface area contributed by atoms with E-state index < -0.39 is 0 Å². The first-order valence-corrected chi connectivity index (χ1v) is 56.1. The van der Waals surface area contributed by atoms with Gasteiger partial charge in [0.15, 0.2) is 0 Å². The minimum atomic E-state index is 0.326. The average Bonchev–Trinajstić information content (AvgIpc) is 0.819. The molecule has 0 heteroatoms. The molecule has 0 radical (unpaired) electrons. The molecule has 0 aromatic heterocycles. The average molecular weight is 1950 g/mol. The summed E-state index contributed by atoms with van der Waals surface area (Å²) in [6.07, 6.45) is 24.7. The number of aryl methyl sites for hydroxylation is 21. The Hall–Kier alpha value is -12.2. The Bertz CT molecular complexity index is 6170. The summed E-state index contributed by atoms with van der Waals surface area (Å²) in [7, 11) is 0. The van der Waals surface area contributed by atoms with Gasteiger partial charge in [-0.3, -0.25) is 0 Å². The second-order valence-electron chi connectivity index (χ2n) is 40.2. The summed E-state index contributed by atoms with van der Waals surface area (Å²) in [6, 6.07) is 135. The molecule has 0 aliphatic carbocycles. The highest BCUT2D eigenvalue weighted by molar-refractivity contribution is 5.90. The minimum absolute atomic E-state index is 0.326. The van der Waals surface area contributed by atoms with E-state index in [1.165, 1.54) is 241 Å². The second kappa shape index (κ2) is 72.1. The fourth-order valence-corrected chi connectivity index (χ4v) is 17.3. The van der Waals surface area contributed by atoms with Crippen molar-refractivity contribution in [2.24, 2.45) is 5.92 Å². The first kappa shape index (κ1) is 124. The molecule has 0 N–H and O–H groups in total. The van der Waals surface area contributed by atoms with Crippen molar-refractivity contribution in [1.29, 1.82) is 0 Å². The van der Waals surface area contributed by atoms with Gasteiger partial charge in [-0.2, -0.15) is 0 Å². The van der Waals surface area contributed by atoms with Gasteiger partial charge in [-0.05, 0) is 322 Å². The molecule has 0 spiro atoms. The standard InChI is InChI=1S/C14H16.3C13H14.C13H20.C12H18.C11H16.3C10H14.3C9H12/c1-3-11-5-7-14-10-12(4-2)6-8-13(14)9-11;1-3-11-7-5-8-12-10(2)6-4-9-13(11)12;1-3-11-8-10(2)9-12-6-4-5-7-13(11)12;1-3-11-9-8-10(2)12-6-4-5-7-13(11)12;1-5-11-7-9-12(10-8-11)13(3,4)6-2;1-3-5-11-7-9-12(6-4-2)10-8-11;1-3-7-11-9-6-5-8-10(11)4-2;1-9(2)8-10-6-4-3-5-7-10;1-3-4-10-7-5-9(2)6-8-10;1-3-9-5-7-10(4-2)8-6-9;1-8(2)9-6-4-3-5-7-9;1-3-9-6-4-8(2)5-7-9;1-3-9-6-4-5-8(2)7-9/h5-10H,3-4H2,1-2H3;3*4-9H,3H2,1-2H3;7-10H,5-6H2,1-4H3;7-10H,3-6H2,1-2H3;5-6,8-9H,3-4,7H2,1-2H3;3-7,9H,8H2,1-2H3;2*5-8H,3-4H2,1-2H3;3-8H,1-2H3;2*4-7H,3H2,1-2H3. The lowest BCUT2D eigenvalue weighted by atomic mass is 9.82. The van der Waals surface area contributed by atoms with E-state index >= 15 is 0 Å². The van der Waals surface area contributed by atoms with Crippen LogP contribution in [0.2, 0.25) is 0 Å². The number of fused-ring (bicyclic) bond motifs is 4. The smallest absolute Gasteiger partial charge is 0.0106 e. The zero-order valence-corrected chi connectivity index (χ0v) is 96.3. The van der Waals surface area contributed by atoms with Crippen molar-refractivity contribution in [2.75, 3.05) is 0 Å². The summed E-state index contributed by atoms with van der Waals surface area (Å²) in [5.41, 5.74) is 34.5. The molecule has 774 valence electrons. The van der Waals surface area contributed by atoms with Crippen molar-refractivity contribution < 1.29 is 0 Å². The maximum atomic E-state index is 2.30. The van der Waals surface area contributed by atoms with Crippen LogP contribution in [-0.2, 0) is 108 Å². The largest absolute Gasteiger partial charge is 0.0651 e. The van der Waals surface area contributed by atoms with E-state index in [4.69, 9.17) is 0 Å². The van der Waals surface area contributed by atoms with E-state index in [9.17, 15) is 0 Å². The van der Waals surface area contributed by atoms with Gasteiger partial charge in [0.1, 0.15) is 0 Å². The van der Waals surface area contributed by atoms with Crippen LogP contribution in [0, 0.1) is 47.5 Å². The third-order valence-electron chi connectivity index (χ3n) is 27.1. The molecule has 0 amide bonds. The van der Waals surface area contributed by atoms with Crippen molar-refractivity contribution in [1.82, 2.24) is 0 Å². The first-order chi connectivity index (χ1) is 70.6. The van der Waals surface area contributed by atoms with Gasteiger partial charge in [0, 0.05) is 0 Å². The third kappa shape index (κ3) is 47.1. The predicted molar refractivity (Wildman–Crippen MR) is 657 cm³/mol. The van der Waals surface area contributed by atoms with Gasteiger partial charge < -0.3 is 0 Å². The van der Waals surface area contributed by atoms with E-state index in [0.717, 1.165) is 76.5 Å². The molecular formula is C146H190. The molecule has 0 saturated carbocycles. The summed E-state index contributed by atoms with van der Waals surface area (Å²) >= 11 is 0. The minimum Gasteiger partial charge on any atom is -0.0651 e. The van der Waals surface area contributed by atoms with E-state index in [-0.39, 0.29) is 0 Å². The number of hydrogen-bond acceptors (Lipinski definition) is 0. The number of hydrogen-bond donors (Lipinski definition) is 0. The molecule has 0 nitrogen and oxygen atoms in total. The Morgan fingerprint density at radius 2 is 0.534 bits per heavy atom. The molecule has 0 saturated heterocycles. The van der Waals surface area contributed by atoms with Crippen LogP contribution in [0.25, 0.3) is 43.1 Å². The van der Waals surface area contributed by atoms with Crippen LogP contribution in [0.3, 0.4) is 0 Å². The highest BCUT2D eigenvalue weighted by Gasteiger charge is 2.17. The molecule has 0 atom stereocenters. The van der Waals surface area contributed by atoms with Crippen molar-refractivity contribution in [3.8, 4) is 0 Å². The molecule has 17 rings (SSSR count). The van der Waals surface area contributed by atoms with Crippen molar-refractivity contribution in [2.45, 2.75) is 340 Å². The molecule has 0 bridgehead atoms. The Morgan fingerprint density at radius 3 is 0.952 bits per heavy atom. The van der Waals surface area contributed by atoms with Crippen LogP contribution in [-0.4, -0.2) is 0 Å². The van der Waals surface area contributed by atoms with Crippen molar-refractivity contribution in [3.63, 3.8) is 0 Å². The van der Waals surface area contributed by atoms with Crippen LogP contribution in [0.4, 0.5) is 0 Å². The SMILES string of the molecule is CC(C)Cc1ccccc1.CC(C)c1ccccc1.CCCc1ccc(C)cc1.CCCc1ccc(CCC)cc1.CCCc1ccccc1CC.CCc1cc(C)cc2ccccc12.CCc1ccc(C(C)(C)CC)cc1.CCc1ccc(C)c2ccccc12.CCc1ccc(C)cc1.CCc1ccc(CC)cc1.CCc1ccc2cc(CC)ccc2c1.CCc1cccc(C)c1.CCc1cccc2c(C)cccc12. The molecule has 146 heavy (non-hydrogen) atoms. The van der Waals surface area contributed by atoms with Gasteiger partial charge in [0.2, 0.25) is 0 Å². The molecule has 0 heterocycles. The normalized spacial score (nSPS) is 10.3. The van der Waals surface area contributed by atoms with Gasteiger partial charge in [0.05, 0.1) is 0 Å². The lowest BCUT2D eigenvalue weighted by Crippen LogP contribution is -2.15. The first-order valence-electron chi connectivity index (χ1n) is 56.1. The molecule has 0 unspecified atom stereocenters. The van der Waals surface area contributed by atoms with Crippen LogP contribution in [0.15, 0.2) is 376 Å². The molecule has 0 aliphatic rings. The third-order valence-corrected chi connectivity index (χ3v) is 27.1. The van der Waals surface area contributed by atoms with Gasteiger partial charge >= 0.3 is 0 Å². The summed E-state index contributed by atoms with van der Waals surface area (Å²) < 4.78 is 0. The van der Waals surface area contributed by atoms with Crippen LogP contribution < -0.4 is 0 Å². The van der Waals surface area contributed by atoms with Gasteiger partial charge in [0.25, 0.3) is 0 Å². The Balaban J connectivity index is 0.000000279. The molecule has 17 aromatic carbocycles. The lowest BCUT2D eigenvalue weighted by Gasteiger charge is -2.23. The molecule has 0 fully saturated rings. The van der Waals surface area contributed by atoms with Crippen LogP contribution in [0.5, 0.6) is 0 Å². The van der Waals surface area contributed by atoms with E-state index in [1.807, 2.05) is 6.07 Å². The topological polar surface area (TPSA) is 0 Å². The predicted octanol–water partition coefficient (Wildman–Crippen LogP) is 42.4. The molecule has 17 aromatic rings. The number of rotatable bonds is 24. The summed E-state index contributed by atoms with van der Waals surface area (Å²) in [6.45, 7) is 61.6. The van der Waals surface area contributed by atoms with Gasteiger partial charge in [-0.25, -0.2) is 0 Å². The second-order valence-corrected chi connectivity index (χ2v) is 40.2. The summed E-state index contributed by atoms with van der Waals surface area (Å²) in [4.78, 5) is 0. The lowest BCUT2D eigenvalue weighted by molar-refractivity contribution is 0.506. The zero-order chi connectivity index (χ0) is 107. The van der Waals surface area contributed by atoms with E-state index in [1.54, 1.807) is 0 Å². The van der Waals surface area contributed by atoms with Gasteiger partial charge in [-0.15, -0.1) is 0 Å². The monoisotopic (exact) mass is 1940 g/mol. The summed E-state index contributed by atoms with van der Waals surface area (Å²) in [5, 5.41) is 11.1. The maximum Gasteiger partial charge on any atom is -0.0106 e. The maximum absolute atomic E-state index is 2.30. The fraction of sp³-hybridized carbons (Fsp3) is 0.356. The van der Waals surface area contributed by atoms with E-state index in [0.29, 0.717) is 11.3 Å². The Labute approximate surface area is 892 Å². The summed E-state index contributed by atoms with van der Waals surface area (Å²) in [5.74, 6) is 1.42. The fourth-order valence-electron chi connectivity index (χ4n) is 17.3. The quantitative estimate of drug-likeness (QED) is 0.0566. The Morgan fingerprint density at radius 1 is 0.199 bits per heavy atom. The highest BCUT2D eigenvalue weighted by Crippen LogP contribution is 2.29.